The number of nitrogens with zero attached hydrogens (tertiary/aromatic N) is 1. The number of Topliss-reactive ketones (excluding diaryl/α,β-unsaturated/α-hetero) is 1. The number of ketones is 1. The van der Waals surface area contributed by atoms with Crippen molar-refractivity contribution < 1.29 is 47.7 Å². The van der Waals surface area contributed by atoms with Crippen molar-refractivity contribution in [2.75, 3.05) is 31.9 Å². The van der Waals surface area contributed by atoms with E-state index in [1.807, 2.05) is 28.7 Å². The monoisotopic (exact) mass is 850 g/mol. The second-order valence-electron chi connectivity index (χ2n) is 11.9. The number of hydrogen-bond acceptors (Lipinski definition) is 12. The number of carbonyl (C=O) groups is 6. The number of aryl methyl sites for hydroxylation is 2. The number of nitrogens with one attached hydrogen (secondary N) is 3. The topological polar surface area (TPSA) is 188 Å². The molecule has 14 nitrogen and oxygen atoms in total. The number of para-hydroxylation sites is 1. The van der Waals surface area contributed by atoms with Gasteiger partial charge in [0.2, 0.25) is 11.8 Å². The zero-order chi connectivity index (χ0) is 38.3. The molecule has 4 atom stereocenters. The molecule has 0 radical (unpaired) electrons. The molecule has 3 N–H and O–H groups in total. The normalized spacial score (nSPS) is 13.8. The van der Waals surface area contributed by atoms with Crippen LogP contribution in [0.5, 0.6) is 5.75 Å². The van der Waals surface area contributed by atoms with Gasteiger partial charge in [0.05, 0.1) is 30.5 Å². The molecular formula is C36H43IN4O10S. The number of aromatic nitrogens is 1. The molecule has 0 unspecified atom stereocenters. The van der Waals surface area contributed by atoms with Crippen LogP contribution in [-0.2, 0) is 51.0 Å². The number of ether oxygens (including phenoxy) is 4. The van der Waals surface area contributed by atoms with Crippen LogP contribution in [0, 0.1) is 6.92 Å². The first-order chi connectivity index (χ1) is 24.8. The molecule has 0 spiro atoms. The summed E-state index contributed by atoms with van der Waals surface area (Å²) in [5.41, 5.74) is -0.315. The summed E-state index contributed by atoms with van der Waals surface area (Å²) in [6.45, 7) is 4.04. The van der Waals surface area contributed by atoms with Crippen molar-refractivity contribution in [3.05, 3.63) is 81.8 Å². The van der Waals surface area contributed by atoms with Crippen LogP contribution in [0.15, 0.2) is 60.8 Å². The first kappa shape index (κ1) is 42.2. The van der Waals surface area contributed by atoms with Crippen LogP contribution in [0.2, 0.25) is 0 Å². The summed E-state index contributed by atoms with van der Waals surface area (Å²) in [6, 6.07) is 12.1. The number of hydrogen-bond donors (Lipinski definition) is 3. The Kier molecular flexibility index (Phi) is 16.8. The molecule has 1 heterocycles. The molecule has 2 aromatic carbocycles. The quantitative estimate of drug-likeness (QED) is 0.0657. The van der Waals surface area contributed by atoms with Crippen molar-refractivity contribution in [3.63, 3.8) is 0 Å². The minimum atomic E-state index is -1.65. The first-order valence-corrected chi connectivity index (χ1v) is 18.6. The molecule has 0 fully saturated rings. The van der Waals surface area contributed by atoms with Gasteiger partial charge in [-0.3, -0.25) is 28.8 Å². The van der Waals surface area contributed by atoms with Crippen molar-refractivity contribution in [1.82, 2.24) is 20.9 Å². The van der Waals surface area contributed by atoms with E-state index in [1.165, 1.54) is 34.3 Å². The van der Waals surface area contributed by atoms with E-state index in [2.05, 4.69) is 20.9 Å². The molecule has 16 heteroatoms. The van der Waals surface area contributed by atoms with Gasteiger partial charge in [0.25, 0.3) is 5.91 Å². The number of alkyl halides is 1. The summed E-state index contributed by atoms with van der Waals surface area (Å²) in [4.78, 5) is 83.2. The van der Waals surface area contributed by atoms with E-state index < -0.39 is 59.2 Å². The number of esters is 2. The maximum absolute atomic E-state index is 14.2. The molecular weight excluding hydrogens is 807 g/mol. The van der Waals surface area contributed by atoms with E-state index in [0.717, 1.165) is 16.9 Å². The fraction of sp³-hybridized carbons (Fsp3) is 0.417. The van der Waals surface area contributed by atoms with Gasteiger partial charge in [0.15, 0.2) is 11.4 Å². The van der Waals surface area contributed by atoms with Crippen LogP contribution in [-0.4, -0.2) is 96.0 Å². The Labute approximate surface area is 319 Å². The zero-order valence-corrected chi connectivity index (χ0v) is 32.5. The SMILES string of the molecule is COC[C@H](NC(=O)c1cnc(C)s1)C(=O)N[C@@H](COC)C(=O)N[C@@H](Cc1ccccc1)C(=O)[C@@](C)(CI)OC(=O)CCc1ccccc1OC(C)=O. The predicted molar refractivity (Wildman–Crippen MR) is 200 cm³/mol. The Morgan fingerprint density at radius 2 is 1.46 bits per heavy atom. The summed E-state index contributed by atoms with van der Waals surface area (Å²) < 4.78 is 21.5. The lowest BCUT2D eigenvalue weighted by Crippen LogP contribution is -2.60. The summed E-state index contributed by atoms with van der Waals surface area (Å²) in [7, 11) is 2.71. The fourth-order valence-electron chi connectivity index (χ4n) is 5.01. The van der Waals surface area contributed by atoms with E-state index in [4.69, 9.17) is 18.9 Å². The van der Waals surface area contributed by atoms with Crippen molar-refractivity contribution in [2.45, 2.75) is 63.8 Å². The van der Waals surface area contributed by atoms with Crippen LogP contribution in [0.3, 0.4) is 0 Å². The third-order valence-electron chi connectivity index (χ3n) is 7.62. The summed E-state index contributed by atoms with van der Waals surface area (Å²) in [5.74, 6) is -3.41. The highest BCUT2D eigenvalue weighted by Gasteiger charge is 2.42. The van der Waals surface area contributed by atoms with Gasteiger partial charge in [-0.05, 0) is 43.9 Å². The number of thiazole rings is 1. The number of amides is 3. The molecule has 3 rings (SSSR count). The summed E-state index contributed by atoms with van der Waals surface area (Å²) in [6.07, 6.45) is 1.52. The lowest BCUT2D eigenvalue weighted by Gasteiger charge is -2.31. The van der Waals surface area contributed by atoms with Gasteiger partial charge in [-0.1, -0.05) is 71.1 Å². The molecule has 280 valence electrons. The molecule has 0 aliphatic rings. The average molecular weight is 851 g/mol. The van der Waals surface area contributed by atoms with Crippen molar-refractivity contribution in [1.29, 1.82) is 0 Å². The number of methoxy groups -OCH3 is 2. The Morgan fingerprint density at radius 1 is 0.865 bits per heavy atom. The molecule has 0 saturated heterocycles. The number of rotatable bonds is 20. The van der Waals surface area contributed by atoms with Crippen LogP contribution in [0.25, 0.3) is 0 Å². The molecule has 1 aromatic heterocycles. The summed E-state index contributed by atoms with van der Waals surface area (Å²) >= 11 is 3.11. The maximum Gasteiger partial charge on any atom is 0.308 e. The minimum absolute atomic E-state index is 0.0508. The fourth-order valence-corrected chi connectivity index (χ4v) is 6.23. The minimum Gasteiger partial charge on any atom is -0.450 e. The van der Waals surface area contributed by atoms with Crippen molar-refractivity contribution in [2.24, 2.45) is 0 Å². The van der Waals surface area contributed by atoms with Gasteiger partial charge >= 0.3 is 11.9 Å². The Hall–Kier alpha value is -4.26. The van der Waals surface area contributed by atoms with E-state index in [0.29, 0.717) is 21.2 Å². The van der Waals surface area contributed by atoms with E-state index >= 15 is 0 Å². The Morgan fingerprint density at radius 3 is 2.04 bits per heavy atom. The molecule has 3 aromatic rings. The predicted octanol–water partition coefficient (Wildman–Crippen LogP) is 2.92. The molecule has 0 aliphatic carbocycles. The maximum atomic E-state index is 14.2. The summed E-state index contributed by atoms with van der Waals surface area (Å²) in [5, 5.41) is 8.61. The van der Waals surface area contributed by atoms with E-state index in [-0.39, 0.29) is 36.9 Å². The van der Waals surface area contributed by atoms with Crippen LogP contribution < -0.4 is 20.7 Å². The average Bonchev–Trinajstić information content (AvgIpc) is 3.56. The standard InChI is InChI=1S/C36H43IN4O10S/c1-22-38-18-30(52-22)35(47)41-28(20-49-5)34(46)40-27(19-48-4)33(45)39-26(17-24-11-7-6-8-12-24)32(44)36(3,21-37)51-31(43)16-15-25-13-9-10-14-29(25)50-23(2)42/h6-14,18,26-28H,15-17,19-21H2,1-5H3,(H,39,45)(H,40,46)(H,41,47)/t26-,27-,28-,36+/m0/s1. The van der Waals surface area contributed by atoms with E-state index in [9.17, 15) is 28.8 Å². The lowest BCUT2D eigenvalue weighted by atomic mass is 9.91. The molecule has 0 aliphatic heterocycles. The van der Waals surface area contributed by atoms with Crippen LogP contribution >= 0.6 is 33.9 Å². The van der Waals surface area contributed by atoms with Gasteiger partial charge in [-0.25, -0.2) is 4.98 Å². The zero-order valence-electron chi connectivity index (χ0n) is 29.6. The van der Waals surface area contributed by atoms with Crippen LogP contribution in [0.1, 0.15) is 46.1 Å². The van der Waals surface area contributed by atoms with Gasteiger partial charge < -0.3 is 34.9 Å². The third kappa shape index (κ3) is 12.8. The largest absolute Gasteiger partial charge is 0.450 e. The molecule has 3 amide bonds. The van der Waals surface area contributed by atoms with Crippen molar-refractivity contribution in [3.8, 4) is 5.75 Å². The van der Waals surface area contributed by atoms with Gasteiger partial charge in [-0.2, -0.15) is 0 Å². The Bertz CT molecular complexity index is 1700. The third-order valence-corrected chi connectivity index (χ3v) is 9.99. The highest BCUT2D eigenvalue weighted by atomic mass is 127. The van der Waals surface area contributed by atoms with Crippen molar-refractivity contribution >= 4 is 69.4 Å². The van der Waals surface area contributed by atoms with Gasteiger partial charge in [0.1, 0.15) is 22.7 Å². The molecule has 0 bridgehead atoms. The highest BCUT2D eigenvalue weighted by molar-refractivity contribution is 14.1. The Balaban J connectivity index is 1.78. The smallest absolute Gasteiger partial charge is 0.308 e. The van der Waals surface area contributed by atoms with E-state index in [1.54, 1.807) is 55.5 Å². The first-order valence-electron chi connectivity index (χ1n) is 16.2. The number of carbonyl (C=O) groups excluding carboxylic acids is 6. The van der Waals surface area contributed by atoms with Crippen LogP contribution in [0.4, 0.5) is 0 Å². The highest BCUT2D eigenvalue weighted by Crippen LogP contribution is 2.24. The van der Waals surface area contributed by atoms with Gasteiger partial charge in [0, 0.05) is 32.0 Å². The second kappa shape index (κ2) is 20.7. The number of halogens is 1. The second-order valence-corrected chi connectivity index (χ2v) is 13.9. The number of benzene rings is 2. The van der Waals surface area contributed by atoms with Gasteiger partial charge in [-0.15, -0.1) is 11.3 Å². The molecule has 0 saturated carbocycles. The molecule has 52 heavy (non-hydrogen) atoms. The lowest BCUT2D eigenvalue weighted by molar-refractivity contribution is -0.164.